The summed E-state index contributed by atoms with van der Waals surface area (Å²) in [6, 6.07) is 12.8. The Hall–Kier alpha value is -3.65. The van der Waals surface area contributed by atoms with Crippen LogP contribution in [-0.4, -0.2) is 51.4 Å². The van der Waals surface area contributed by atoms with Crippen molar-refractivity contribution in [2.45, 2.75) is 31.0 Å². The van der Waals surface area contributed by atoms with E-state index in [1.54, 1.807) is 47.4 Å². The molecule has 8 nitrogen and oxygen atoms in total. The first-order valence-corrected chi connectivity index (χ1v) is 9.92. The summed E-state index contributed by atoms with van der Waals surface area (Å²) < 4.78 is 0. The van der Waals surface area contributed by atoms with Gasteiger partial charge in [0.15, 0.2) is 11.8 Å². The maximum atomic E-state index is 12.5. The Morgan fingerprint density at radius 3 is 2.45 bits per heavy atom. The second-order valence-electron chi connectivity index (χ2n) is 7.46. The quantitative estimate of drug-likeness (QED) is 0.504. The van der Waals surface area contributed by atoms with Crippen LogP contribution in [0.3, 0.4) is 0 Å². The molecule has 1 aliphatic heterocycles. The van der Waals surface area contributed by atoms with Crippen LogP contribution in [0.15, 0.2) is 66.9 Å². The van der Waals surface area contributed by atoms with Crippen molar-refractivity contribution < 1.29 is 24.6 Å². The number of carbonyl (C=O) groups is 3. The average molecular weight is 423 g/mol. The SMILES string of the molecule is N[C@@H](Cc1ccc(O)cc1)C(=O)NCC1CC(=O)C=CN1[C@H](C(=O)O)c1ccccc1. The third-order valence-electron chi connectivity index (χ3n) is 5.18. The van der Waals surface area contributed by atoms with Gasteiger partial charge in [0, 0.05) is 19.2 Å². The highest BCUT2D eigenvalue weighted by atomic mass is 16.4. The number of carboxylic acid groups (broad SMARTS) is 1. The van der Waals surface area contributed by atoms with Gasteiger partial charge in [0.25, 0.3) is 0 Å². The van der Waals surface area contributed by atoms with Crippen LogP contribution in [0.4, 0.5) is 0 Å². The summed E-state index contributed by atoms with van der Waals surface area (Å²) in [7, 11) is 0. The maximum absolute atomic E-state index is 12.5. The first-order chi connectivity index (χ1) is 14.8. The highest BCUT2D eigenvalue weighted by Crippen LogP contribution is 2.27. The van der Waals surface area contributed by atoms with E-state index in [1.807, 2.05) is 0 Å². The van der Waals surface area contributed by atoms with Crippen molar-refractivity contribution in [3.63, 3.8) is 0 Å². The molecule has 0 aromatic heterocycles. The van der Waals surface area contributed by atoms with Crippen LogP contribution in [-0.2, 0) is 20.8 Å². The van der Waals surface area contributed by atoms with E-state index in [0.717, 1.165) is 5.56 Å². The average Bonchev–Trinajstić information content (AvgIpc) is 2.75. The Bertz CT molecular complexity index is 959. The number of aromatic hydroxyl groups is 1. The Kier molecular flexibility index (Phi) is 7.04. The van der Waals surface area contributed by atoms with Gasteiger partial charge in [0.1, 0.15) is 5.75 Å². The monoisotopic (exact) mass is 423 g/mol. The zero-order valence-corrected chi connectivity index (χ0v) is 16.8. The lowest BCUT2D eigenvalue weighted by Gasteiger charge is -2.37. The summed E-state index contributed by atoms with van der Waals surface area (Å²) in [5, 5.41) is 21.9. The Balaban J connectivity index is 1.68. The van der Waals surface area contributed by atoms with Crippen LogP contribution >= 0.6 is 0 Å². The molecule has 1 aliphatic rings. The number of hydrogen-bond donors (Lipinski definition) is 4. The first-order valence-electron chi connectivity index (χ1n) is 9.92. The molecule has 2 aromatic carbocycles. The summed E-state index contributed by atoms with van der Waals surface area (Å²) in [6.07, 6.45) is 3.19. The van der Waals surface area contributed by atoms with E-state index < -0.39 is 30.0 Å². The van der Waals surface area contributed by atoms with E-state index in [2.05, 4.69) is 5.32 Å². The molecule has 8 heteroatoms. The second kappa shape index (κ2) is 9.90. The molecule has 162 valence electrons. The predicted octanol–water partition coefficient (Wildman–Crippen LogP) is 1.36. The predicted molar refractivity (Wildman–Crippen MR) is 114 cm³/mol. The van der Waals surface area contributed by atoms with E-state index in [-0.39, 0.29) is 30.9 Å². The maximum Gasteiger partial charge on any atom is 0.331 e. The fourth-order valence-electron chi connectivity index (χ4n) is 3.58. The molecule has 1 heterocycles. The summed E-state index contributed by atoms with van der Waals surface area (Å²) in [5.74, 6) is -1.46. The van der Waals surface area contributed by atoms with Gasteiger partial charge in [-0.3, -0.25) is 9.59 Å². The Labute approximate surface area is 180 Å². The fraction of sp³-hybridized carbons (Fsp3) is 0.261. The van der Waals surface area contributed by atoms with Crippen molar-refractivity contribution in [2.75, 3.05) is 6.54 Å². The van der Waals surface area contributed by atoms with Gasteiger partial charge in [-0.1, -0.05) is 42.5 Å². The van der Waals surface area contributed by atoms with Gasteiger partial charge in [0.2, 0.25) is 5.91 Å². The van der Waals surface area contributed by atoms with Crippen LogP contribution in [0.2, 0.25) is 0 Å². The minimum Gasteiger partial charge on any atom is -0.508 e. The molecular weight excluding hydrogens is 398 g/mol. The standard InChI is InChI=1S/C23H25N3O5/c24-20(12-15-6-8-18(27)9-7-15)22(29)25-14-17-13-19(28)10-11-26(17)21(23(30)31)16-4-2-1-3-5-16/h1-11,17,20-21,27H,12-14,24H2,(H,25,29)(H,30,31)/t17?,20-,21-/m0/s1. The molecule has 0 fully saturated rings. The van der Waals surface area contributed by atoms with Crippen molar-refractivity contribution in [3.8, 4) is 5.75 Å². The third-order valence-corrected chi connectivity index (χ3v) is 5.18. The number of nitrogens with two attached hydrogens (primary N) is 1. The van der Waals surface area contributed by atoms with Gasteiger partial charge in [-0.2, -0.15) is 0 Å². The Morgan fingerprint density at radius 2 is 1.81 bits per heavy atom. The number of amides is 1. The molecule has 3 rings (SSSR count). The van der Waals surface area contributed by atoms with E-state index in [9.17, 15) is 24.6 Å². The molecule has 0 aliphatic carbocycles. The lowest BCUT2D eigenvalue weighted by atomic mass is 9.98. The van der Waals surface area contributed by atoms with Crippen molar-refractivity contribution in [3.05, 3.63) is 78.0 Å². The van der Waals surface area contributed by atoms with Gasteiger partial charge in [0.05, 0.1) is 12.1 Å². The first kappa shape index (κ1) is 22.0. The number of nitrogens with zero attached hydrogens (tertiary/aromatic N) is 1. The van der Waals surface area contributed by atoms with Crippen LogP contribution in [0.1, 0.15) is 23.6 Å². The molecule has 5 N–H and O–H groups in total. The summed E-state index contributed by atoms with van der Waals surface area (Å²) in [4.78, 5) is 38.1. The number of phenols is 1. The smallest absolute Gasteiger partial charge is 0.331 e. The van der Waals surface area contributed by atoms with Crippen molar-refractivity contribution in [1.29, 1.82) is 0 Å². The molecule has 3 atom stereocenters. The zero-order valence-electron chi connectivity index (χ0n) is 16.8. The van der Waals surface area contributed by atoms with Crippen molar-refractivity contribution >= 4 is 17.7 Å². The highest BCUT2D eigenvalue weighted by molar-refractivity contribution is 5.91. The van der Waals surface area contributed by atoms with E-state index in [4.69, 9.17) is 5.73 Å². The molecule has 0 saturated heterocycles. The summed E-state index contributed by atoms with van der Waals surface area (Å²) >= 11 is 0. The number of benzene rings is 2. The van der Waals surface area contributed by atoms with Crippen LogP contribution in [0.25, 0.3) is 0 Å². The number of carboxylic acids is 1. The number of aliphatic carboxylic acids is 1. The molecule has 0 bridgehead atoms. The third kappa shape index (κ3) is 5.70. The van der Waals surface area contributed by atoms with E-state index in [0.29, 0.717) is 5.56 Å². The molecule has 31 heavy (non-hydrogen) atoms. The fourth-order valence-corrected chi connectivity index (χ4v) is 3.58. The number of ketones is 1. The van der Waals surface area contributed by atoms with Crippen molar-refractivity contribution in [1.82, 2.24) is 10.2 Å². The molecular formula is C23H25N3O5. The number of phenolic OH excluding ortho intramolecular Hbond substituents is 1. The highest BCUT2D eigenvalue weighted by Gasteiger charge is 2.34. The van der Waals surface area contributed by atoms with Gasteiger partial charge < -0.3 is 26.2 Å². The van der Waals surface area contributed by atoms with Crippen LogP contribution < -0.4 is 11.1 Å². The second-order valence-corrected chi connectivity index (χ2v) is 7.46. The molecule has 0 saturated carbocycles. The number of rotatable bonds is 8. The lowest BCUT2D eigenvalue weighted by molar-refractivity contribution is -0.144. The minimum absolute atomic E-state index is 0.0782. The Morgan fingerprint density at radius 1 is 1.13 bits per heavy atom. The van der Waals surface area contributed by atoms with E-state index >= 15 is 0 Å². The van der Waals surface area contributed by atoms with E-state index in [1.165, 1.54) is 24.4 Å². The number of allylic oxidation sites excluding steroid dienone is 1. The lowest BCUT2D eigenvalue weighted by Crippen LogP contribution is -2.50. The van der Waals surface area contributed by atoms with Gasteiger partial charge >= 0.3 is 5.97 Å². The number of hydrogen-bond acceptors (Lipinski definition) is 6. The molecule has 2 aromatic rings. The number of nitrogens with one attached hydrogen (secondary N) is 1. The van der Waals surface area contributed by atoms with Gasteiger partial charge in [-0.05, 0) is 35.8 Å². The summed E-state index contributed by atoms with van der Waals surface area (Å²) in [6.45, 7) is 0.0782. The topological polar surface area (TPSA) is 133 Å². The van der Waals surface area contributed by atoms with Gasteiger partial charge in [-0.15, -0.1) is 0 Å². The molecule has 0 spiro atoms. The zero-order chi connectivity index (χ0) is 22.4. The largest absolute Gasteiger partial charge is 0.508 e. The van der Waals surface area contributed by atoms with Crippen molar-refractivity contribution in [2.24, 2.45) is 5.73 Å². The summed E-state index contributed by atoms with van der Waals surface area (Å²) in [5.41, 5.74) is 7.38. The molecule has 0 radical (unpaired) electrons. The van der Waals surface area contributed by atoms with Crippen LogP contribution in [0.5, 0.6) is 5.75 Å². The van der Waals surface area contributed by atoms with Gasteiger partial charge in [-0.25, -0.2) is 4.79 Å². The molecule has 1 unspecified atom stereocenters. The normalized spacial score (nSPS) is 17.8. The minimum atomic E-state index is -1.05. The molecule has 1 amide bonds. The van der Waals surface area contributed by atoms with Crippen LogP contribution in [0, 0.1) is 0 Å². The number of carbonyl (C=O) groups excluding carboxylic acids is 2.